The number of hydrogen-bond acceptors (Lipinski definition) is 3. The molecule has 2 heterocycles. The molecule has 2 aliphatic rings. The number of ketones is 3. The fourth-order valence-electron chi connectivity index (χ4n) is 7.04. The van der Waals surface area contributed by atoms with E-state index in [1.54, 1.807) is 0 Å². The predicted molar refractivity (Wildman–Crippen MR) is 165 cm³/mol. The van der Waals surface area contributed by atoms with Crippen molar-refractivity contribution in [1.82, 2.24) is 9.13 Å². The first-order chi connectivity index (χ1) is 20.6. The lowest BCUT2D eigenvalue weighted by Crippen LogP contribution is -2.13. The standard InChI is InChI=1S/C37H28N2O3/c40-33-13-5-11-31-35(33)27-7-1-3-9-29(27)38(31)25-19-15-23(16-20-25)37(42)24-17-21-26(22-18-24)39-30-10-4-2-8-28(30)36-32(39)12-6-14-34(36)41/h1-4,7-10,15-22H,5-6,11-14H2. The van der Waals surface area contributed by atoms with E-state index in [4.69, 9.17) is 0 Å². The fraction of sp³-hybridized carbons (Fsp3) is 0.162. The van der Waals surface area contributed by atoms with E-state index in [0.29, 0.717) is 24.0 Å². The molecule has 4 aromatic carbocycles. The summed E-state index contributed by atoms with van der Waals surface area (Å²) in [7, 11) is 0. The zero-order valence-electron chi connectivity index (χ0n) is 23.1. The SMILES string of the molecule is O=C(c1ccc(-n2c3c(c4ccccc42)C(=O)CCC3)cc1)c1ccc(-n2c3c(c4ccccc42)C(=O)CCC3)cc1. The molecule has 0 amide bonds. The highest BCUT2D eigenvalue weighted by Crippen LogP contribution is 2.36. The van der Waals surface area contributed by atoms with Gasteiger partial charge in [-0.05, 0) is 86.3 Å². The van der Waals surface area contributed by atoms with E-state index >= 15 is 0 Å². The second-order valence-electron chi connectivity index (χ2n) is 11.3. The minimum atomic E-state index is -0.0442. The summed E-state index contributed by atoms with van der Waals surface area (Å²) in [6, 6.07) is 31.5. The van der Waals surface area contributed by atoms with Crippen LogP contribution in [0, 0.1) is 0 Å². The molecule has 2 aliphatic carbocycles. The van der Waals surface area contributed by atoms with Gasteiger partial charge in [-0.25, -0.2) is 0 Å². The van der Waals surface area contributed by atoms with E-state index in [9.17, 15) is 14.4 Å². The lowest BCUT2D eigenvalue weighted by Gasteiger charge is -2.16. The Hall–Kier alpha value is -5.03. The van der Waals surface area contributed by atoms with E-state index < -0.39 is 0 Å². The number of rotatable bonds is 4. The van der Waals surface area contributed by atoms with Crippen molar-refractivity contribution in [2.75, 3.05) is 0 Å². The summed E-state index contributed by atoms with van der Waals surface area (Å²) in [4.78, 5) is 39.2. The van der Waals surface area contributed by atoms with Crippen LogP contribution in [-0.4, -0.2) is 26.5 Å². The third-order valence-electron chi connectivity index (χ3n) is 8.91. The maximum absolute atomic E-state index is 13.5. The van der Waals surface area contributed by atoms with Crippen molar-refractivity contribution in [1.29, 1.82) is 0 Å². The van der Waals surface area contributed by atoms with Crippen molar-refractivity contribution in [2.24, 2.45) is 0 Å². The second kappa shape index (κ2) is 9.52. The Morgan fingerprint density at radius 1 is 0.500 bits per heavy atom. The van der Waals surface area contributed by atoms with Crippen LogP contribution in [-0.2, 0) is 12.8 Å². The van der Waals surface area contributed by atoms with Gasteiger partial charge in [-0.2, -0.15) is 0 Å². The number of fused-ring (bicyclic) bond motifs is 6. The van der Waals surface area contributed by atoms with E-state index in [0.717, 1.165) is 81.4 Å². The second-order valence-corrected chi connectivity index (χ2v) is 11.3. The highest BCUT2D eigenvalue weighted by molar-refractivity contribution is 6.12. The molecule has 6 aromatic rings. The monoisotopic (exact) mass is 548 g/mol. The molecule has 0 unspecified atom stereocenters. The number of carbonyl (C=O) groups is 3. The highest BCUT2D eigenvalue weighted by Gasteiger charge is 2.27. The number of para-hydroxylation sites is 2. The smallest absolute Gasteiger partial charge is 0.193 e. The van der Waals surface area contributed by atoms with Crippen LogP contribution in [0.1, 0.15) is 73.7 Å². The van der Waals surface area contributed by atoms with Gasteiger partial charge in [0.05, 0.1) is 11.0 Å². The van der Waals surface area contributed by atoms with Crippen molar-refractivity contribution in [3.05, 3.63) is 131 Å². The molecule has 0 radical (unpaired) electrons. The molecular formula is C37H28N2O3. The van der Waals surface area contributed by atoms with E-state index in [-0.39, 0.29) is 17.3 Å². The first-order valence-electron chi connectivity index (χ1n) is 14.7. The molecule has 0 fully saturated rings. The van der Waals surface area contributed by atoms with Gasteiger partial charge in [-0.15, -0.1) is 0 Å². The molecule has 42 heavy (non-hydrogen) atoms. The fourth-order valence-corrected chi connectivity index (χ4v) is 7.04. The molecule has 0 aliphatic heterocycles. The van der Waals surface area contributed by atoms with Gasteiger partial charge < -0.3 is 9.13 Å². The molecule has 0 saturated carbocycles. The van der Waals surface area contributed by atoms with Gasteiger partial charge in [0, 0.05) is 68.6 Å². The molecule has 0 saturated heterocycles. The molecule has 0 bridgehead atoms. The zero-order chi connectivity index (χ0) is 28.4. The average Bonchev–Trinajstić information content (AvgIpc) is 3.55. The number of Topliss-reactive ketones (excluding diaryl/α,β-unsaturated/α-hetero) is 2. The van der Waals surface area contributed by atoms with Gasteiger partial charge in [-0.1, -0.05) is 36.4 Å². The zero-order valence-corrected chi connectivity index (χ0v) is 23.1. The normalized spacial score (nSPS) is 14.8. The molecule has 2 aromatic heterocycles. The number of benzene rings is 4. The van der Waals surface area contributed by atoms with Crippen LogP contribution in [0.5, 0.6) is 0 Å². The molecule has 5 nitrogen and oxygen atoms in total. The summed E-state index contributed by atoms with van der Waals surface area (Å²) in [6.07, 6.45) is 4.61. The molecule has 8 rings (SSSR count). The molecule has 0 spiro atoms. The average molecular weight is 549 g/mol. The number of aromatic nitrogens is 2. The molecule has 204 valence electrons. The summed E-state index contributed by atoms with van der Waals surface area (Å²) in [6.45, 7) is 0. The van der Waals surface area contributed by atoms with Crippen LogP contribution >= 0.6 is 0 Å². The summed E-state index contributed by atoms with van der Waals surface area (Å²) in [5.74, 6) is 0.375. The first kappa shape index (κ1) is 24.7. The Labute approximate surface area is 243 Å². The van der Waals surface area contributed by atoms with Gasteiger partial charge in [0.25, 0.3) is 0 Å². The van der Waals surface area contributed by atoms with Crippen molar-refractivity contribution >= 4 is 39.2 Å². The number of hydrogen-bond donors (Lipinski definition) is 0. The minimum Gasteiger partial charge on any atom is -0.313 e. The minimum absolute atomic E-state index is 0.0442. The first-order valence-corrected chi connectivity index (χ1v) is 14.7. The molecule has 0 atom stereocenters. The predicted octanol–water partition coefficient (Wildman–Crippen LogP) is 7.84. The van der Waals surface area contributed by atoms with Gasteiger partial charge in [0.1, 0.15) is 0 Å². The van der Waals surface area contributed by atoms with Crippen molar-refractivity contribution in [2.45, 2.75) is 38.5 Å². The lowest BCUT2D eigenvalue weighted by atomic mass is 9.94. The Morgan fingerprint density at radius 3 is 1.33 bits per heavy atom. The molecule has 5 heteroatoms. The quantitative estimate of drug-likeness (QED) is 0.211. The topological polar surface area (TPSA) is 61.1 Å². The van der Waals surface area contributed by atoms with Crippen molar-refractivity contribution in [3.63, 3.8) is 0 Å². The van der Waals surface area contributed by atoms with Crippen LogP contribution in [0.3, 0.4) is 0 Å². The van der Waals surface area contributed by atoms with Crippen LogP contribution in [0.2, 0.25) is 0 Å². The Morgan fingerprint density at radius 2 is 0.905 bits per heavy atom. The highest BCUT2D eigenvalue weighted by atomic mass is 16.1. The molecule has 0 N–H and O–H groups in total. The maximum atomic E-state index is 13.5. The lowest BCUT2D eigenvalue weighted by molar-refractivity contribution is 0.0965. The summed E-state index contributed by atoms with van der Waals surface area (Å²) >= 11 is 0. The van der Waals surface area contributed by atoms with Crippen LogP contribution in [0.25, 0.3) is 33.2 Å². The molecular weight excluding hydrogens is 520 g/mol. The van der Waals surface area contributed by atoms with E-state index in [2.05, 4.69) is 21.3 Å². The number of nitrogens with zero attached hydrogens (tertiary/aromatic N) is 2. The number of carbonyl (C=O) groups excluding carboxylic acids is 3. The van der Waals surface area contributed by atoms with Gasteiger partial charge >= 0.3 is 0 Å². The van der Waals surface area contributed by atoms with E-state index in [1.807, 2.05) is 84.9 Å². The van der Waals surface area contributed by atoms with Crippen LogP contribution < -0.4 is 0 Å². The van der Waals surface area contributed by atoms with Crippen LogP contribution in [0.4, 0.5) is 0 Å². The Balaban J connectivity index is 1.13. The van der Waals surface area contributed by atoms with Gasteiger partial charge in [-0.3, -0.25) is 14.4 Å². The van der Waals surface area contributed by atoms with Gasteiger partial charge in [0.15, 0.2) is 17.3 Å². The summed E-state index contributed by atoms with van der Waals surface area (Å²) in [5, 5.41) is 2.00. The van der Waals surface area contributed by atoms with Crippen LogP contribution in [0.15, 0.2) is 97.1 Å². The Bertz CT molecular complexity index is 1930. The maximum Gasteiger partial charge on any atom is 0.193 e. The van der Waals surface area contributed by atoms with E-state index in [1.165, 1.54) is 0 Å². The van der Waals surface area contributed by atoms with Gasteiger partial charge in [0.2, 0.25) is 0 Å². The Kier molecular flexibility index (Phi) is 5.61. The third-order valence-corrected chi connectivity index (χ3v) is 8.91. The summed E-state index contributed by atoms with van der Waals surface area (Å²) < 4.78 is 4.36. The van der Waals surface area contributed by atoms with Crippen molar-refractivity contribution in [3.8, 4) is 11.4 Å². The largest absolute Gasteiger partial charge is 0.313 e. The van der Waals surface area contributed by atoms with Crippen molar-refractivity contribution < 1.29 is 14.4 Å². The summed E-state index contributed by atoms with van der Waals surface area (Å²) in [5.41, 5.74) is 8.98. The third kappa shape index (κ3) is 3.66.